The molecule has 6 nitrogen and oxygen atoms in total. The number of amides is 2. The Hall–Kier alpha value is -3.36. The van der Waals surface area contributed by atoms with Gasteiger partial charge in [0.05, 0.1) is 5.56 Å². The van der Waals surface area contributed by atoms with Gasteiger partial charge in [-0.25, -0.2) is 0 Å². The third-order valence-corrected chi connectivity index (χ3v) is 3.77. The minimum atomic E-state index is -4.60. The van der Waals surface area contributed by atoms with E-state index in [9.17, 15) is 27.6 Å². The Balaban J connectivity index is 2.17. The smallest absolute Gasteiger partial charge is 0.416 e. The van der Waals surface area contributed by atoms with E-state index in [0.717, 1.165) is 6.07 Å². The molecule has 1 atom stereocenters. The number of benzene rings is 2. The molecule has 0 heterocycles. The van der Waals surface area contributed by atoms with Crippen LogP contribution >= 0.6 is 0 Å². The molecular formula is C19H17F3N2O4. The molecule has 3 N–H and O–H groups in total. The van der Waals surface area contributed by atoms with Crippen molar-refractivity contribution in [2.24, 2.45) is 5.73 Å². The van der Waals surface area contributed by atoms with E-state index in [0.29, 0.717) is 0 Å². The van der Waals surface area contributed by atoms with Crippen LogP contribution in [-0.4, -0.2) is 23.8 Å². The first-order chi connectivity index (χ1) is 13.1. The fraction of sp³-hybridized carbons (Fsp3) is 0.211. The molecule has 0 aromatic heterocycles. The molecule has 0 spiro atoms. The third kappa shape index (κ3) is 5.57. The van der Waals surface area contributed by atoms with Crippen LogP contribution in [0.2, 0.25) is 0 Å². The number of rotatable bonds is 6. The number of halogens is 3. The zero-order chi connectivity index (χ0) is 20.9. The van der Waals surface area contributed by atoms with Crippen LogP contribution in [-0.2, 0) is 22.2 Å². The van der Waals surface area contributed by atoms with Crippen LogP contribution in [0.3, 0.4) is 0 Å². The predicted molar refractivity (Wildman–Crippen MR) is 93.3 cm³/mol. The van der Waals surface area contributed by atoms with Crippen molar-refractivity contribution in [1.82, 2.24) is 5.32 Å². The summed E-state index contributed by atoms with van der Waals surface area (Å²) < 4.78 is 44.2. The molecule has 28 heavy (non-hydrogen) atoms. The van der Waals surface area contributed by atoms with Crippen LogP contribution < -0.4 is 15.8 Å². The average molecular weight is 394 g/mol. The molecule has 0 unspecified atom stereocenters. The Morgan fingerprint density at radius 1 is 1.07 bits per heavy atom. The van der Waals surface area contributed by atoms with Gasteiger partial charge in [-0.1, -0.05) is 18.2 Å². The topological polar surface area (TPSA) is 98.5 Å². The van der Waals surface area contributed by atoms with Gasteiger partial charge in [0.1, 0.15) is 11.8 Å². The van der Waals surface area contributed by atoms with E-state index < -0.39 is 42.0 Å². The summed E-state index contributed by atoms with van der Waals surface area (Å²) in [5.41, 5.74) is 4.31. The van der Waals surface area contributed by atoms with Crippen molar-refractivity contribution in [3.63, 3.8) is 0 Å². The summed E-state index contributed by atoms with van der Waals surface area (Å²) in [5.74, 6) is -1.99. The van der Waals surface area contributed by atoms with Crippen molar-refractivity contribution >= 4 is 17.8 Å². The molecular weight excluding hydrogens is 377 g/mol. The van der Waals surface area contributed by atoms with Gasteiger partial charge in [0.25, 0.3) is 5.91 Å². The van der Waals surface area contributed by atoms with Gasteiger partial charge in [-0.2, -0.15) is 13.2 Å². The van der Waals surface area contributed by atoms with E-state index in [4.69, 9.17) is 10.5 Å². The Bertz CT molecular complexity index is 879. The first-order valence-corrected chi connectivity index (χ1v) is 8.11. The molecule has 0 saturated carbocycles. The van der Waals surface area contributed by atoms with Crippen molar-refractivity contribution in [2.45, 2.75) is 25.6 Å². The second-order valence-corrected chi connectivity index (χ2v) is 5.91. The lowest BCUT2D eigenvalue weighted by molar-refractivity contribution is -0.138. The Kier molecular flexibility index (Phi) is 6.40. The molecule has 0 aliphatic heterocycles. The molecule has 0 fully saturated rings. The van der Waals surface area contributed by atoms with Gasteiger partial charge in [0.15, 0.2) is 0 Å². The summed E-state index contributed by atoms with van der Waals surface area (Å²) in [5, 5.41) is 2.33. The van der Waals surface area contributed by atoms with E-state index in [-0.39, 0.29) is 16.9 Å². The third-order valence-electron chi connectivity index (χ3n) is 3.77. The van der Waals surface area contributed by atoms with Gasteiger partial charge in [-0.05, 0) is 35.9 Å². The van der Waals surface area contributed by atoms with Crippen LogP contribution in [0.1, 0.15) is 28.4 Å². The quantitative estimate of drug-likeness (QED) is 0.581. The average Bonchev–Trinajstić information content (AvgIpc) is 2.60. The number of hydrogen-bond acceptors (Lipinski definition) is 4. The SMILES string of the molecule is CC(=O)Oc1ccc(C(=O)N[C@H](Cc2ccccc2C(F)(F)F)C(N)=O)cc1. The highest BCUT2D eigenvalue weighted by atomic mass is 19.4. The lowest BCUT2D eigenvalue weighted by atomic mass is 9.99. The summed E-state index contributed by atoms with van der Waals surface area (Å²) in [4.78, 5) is 34.9. The first-order valence-electron chi connectivity index (χ1n) is 8.11. The number of nitrogens with one attached hydrogen (secondary N) is 1. The van der Waals surface area contributed by atoms with E-state index in [1.807, 2.05) is 0 Å². The second-order valence-electron chi connectivity index (χ2n) is 5.91. The van der Waals surface area contributed by atoms with Gasteiger partial charge in [-0.15, -0.1) is 0 Å². The van der Waals surface area contributed by atoms with Gasteiger partial charge in [-0.3, -0.25) is 14.4 Å². The lowest BCUT2D eigenvalue weighted by Gasteiger charge is -2.18. The molecule has 0 aliphatic carbocycles. The maximum atomic E-state index is 13.1. The van der Waals surface area contributed by atoms with Crippen molar-refractivity contribution in [1.29, 1.82) is 0 Å². The molecule has 0 aliphatic rings. The highest BCUT2D eigenvalue weighted by Crippen LogP contribution is 2.32. The molecule has 2 aromatic carbocycles. The highest BCUT2D eigenvalue weighted by Gasteiger charge is 2.34. The molecule has 0 bridgehead atoms. The zero-order valence-corrected chi connectivity index (χ0v) is 14.7. The Labute approximate surface area is 158 Å². The normalized spacial score (nSPS) is 12.1. The minimum absolute atomic E-state index is 0.117. The van der Waals surface area contributed by atoms with Crippen LogP contribution in [0.4, 0.5) is 13.2 Å². The number of esters is 1. The zero-order valence-electron chi connectivity index (χ0n) is 14.7. The fourth-order valence-corrected chi connectivity index (χ4v) is 2.50. The Morgan fingerprint density at radius 2 is 1.68 bits per heavy atom. The van der Waals surface area contributed by atoms with Crippen LogP contribution in [0, 0.1) is 0 Å². The number of ether oxygens (including phenoxy) is 1. The maximum absolute atomic E-state index is 13.1. The van der Waals surface area contributed by atoms with Crippen molar-refractivity contribution in [3.05, 3.63) is 65.2 Å². The molecule has 0 saturated heterocycles. The molecule has 2 aromatic rings. The number of carbonyl (C=O) groups excluding carboxylic acids is 3. The Morgan fingerprint density at radius 3 is 2.21 bits per heavy atom. The van der Waals surface area contributed by atoms with E-state index >= 15 is 0 Å². The predicted octanol–water partition coefficient (Wildman–Crippen LogP) is 2.46. The monoisotopic (exact) mass is 394 g/mol. The molecule has 148 valence electrons. The summed E-state index contributed by atoms with van der Waals surface area (Å²) in [6, 6.07) is 8.83. The van der Waals surface area contributed by atoms with Gasteiger partial charge < -0.3 is 15.8 Å². The van der Waals surface area contributed by atoms with Crippen molar-refractivity contribution < 1.29 is 32.3 Å². The summed E-state index contributed by atoms with van der Waals surface area (Å²) in [6.07, 6.45) is -5.02. The van der Waals surface area contributed by atoms with Gasteiger partial charge in [0, 0.05) is 18.9 Å². The summed E-state index contributed by atoms with van der Waals surface area (Å²) in [7, 11) is 0. The van der Waals surface area contributed by atoms with Crippen LogP contribution in [0.25, 0.3) is 0 Å². The summed E-state index contributed by atoms with van der Waals surface area (Å²) >= 11 is 0. The fourth-order valence-electron chi connectivity index (χ4n) is 2.50. The summed E-state index contributed by atoms with van der Waals surface area (Å²) in [6.45, 7) is 1.22. The van der Waals surface area contributed by atoms with Crippen LogP contribution in [0.15, 0.2) is 48.5 Å². The molecule has 9 heteroatoms. The van der Waals surface area contributed by atoms with Crippen molar-refractivity contribution in [2.75, 3.05) is 0 Å². The number of primary amides is 1. The number of hydrogen-bond donors (Lipinski definition) is 2. The minimum Gasteiger partial charge on any atom is -0.427 e. The van der Waals surface area contributed by atoms with Gasteiger partial charge in [0.2, 0.25) is 5.91 Å². The second kappa shape index (κ2) is 8.55. The number of carbonyl (C=O) groups is 3. The van der Waals surface area contributed by atoms with E-state index in [1.165, 1.54) is 49.4 Å². The van der Waals surface area contributed by atoms with Crippen molar-refractivity contribution in [3.8, 4) is 5.75 Å². The standard InChI is InChI=1S/C19H17F3N2O4/c1-11(25)28-14-8-6-12(7-9-14)18(27)24-16(17(23)26)10-13-4-2-3-5-15(13)19(20,21)22/h2-9,16H,10H2,1H3,(H2,23,26)(H,24,27)/t16-/m1/s1. The lowest BCUT2D eigenvalue weighted by Crippen LogP contribution is -2.46. The van der Waals surface area contributed by atoms with E-state index in [2.05, 4.69) is 5.32 Å². The van der Waals surface area contributed by atoms with Gasteiger partial charge >= 0.3 is 12.1 Å². The molecule has 2 rings (SSSR count). The number of nitrogens with two attached hydrogens (primary N) is 1. The maximum Gasteiger partial charge on any atom is 0.416 e. The highest BCUT2D eigenvalue weighted by molar-refractivity contribution is 5.97. The molecule has 2 amide bonds. The van der Waals surface area contributed by atoms with E-state index in [1.54, 1.807) is 0 Å². The number of alkyl halides is 3. The first kappa shape index (κ1) is 20.9. The molecule has 0 radical (unpaired) electrons. The largest absolute Gasteiger partial charge is 0.427 e. The van der Waals surface area contributed by atoms with Crippen LogP contribution in [0.5, 0.6) is 5.75 Å².